The summed E-state index contributed by atoms with van der Waals surface area (Å²) in [6.45, 7) is 5.10. The fraction of sp³-hybridized carbons (Fsp3) is 0.583. The van der Waals surface area contributed by atoms with Gasteiger partial charge in [-0.3, -0.25) is 4.79 Å². The van der Waals surface area contributed by atoms with Crippen LogP contribution in [0.5, 0.6) is 5.88 Å². The summed E-state index contributed by atoms with van der Waals surface area (Å²) in [4.78, 5) is 19.9. The summed E-state index contributed by atoms with van der Waals surface area (Å²) in [6.07, 6.45) is 1.58. The molecule has 1 heterocycles. The first kappa shape index (κ1) is 15.2. The Hall–Kier alpha value is -1.89. The zero-order valence-electron chi connectivity index (χ0n) is 11.5. The van der Waals surface area contributed by atoms with Crippen LogP contribution in [0.3, 0.4) is 0 Å². The lowest BCUT2D eigenvalue weighted by Gasteiger charge is -2.14. The molecule has 7 nitrogen and oxygen atoms in total. The maximum absolute atomic E-state index is 11.7. The van der Waals surface area contributed by atoms with E-state index in [1.807, 2.05) is 6.92 Å². The Balaban J connectivity index is 2.48. The average Bonchev–Trinajstić information content (AvgIpc) is 2.39. The topological polar surface area (TPSA) is 85.4 Å². The molecule has 0 saturated carbocycles. The molecule has 7 heteroatoms. The van der Waals surface area contributed by atoms with Gasteiger partial charge in [0.05, 0.1) is 13.2 Å². The van der Waals surface area contributed by atoms with Crippen LogP contribution >= 0.6 is 0 Å². The summed E-state index contributed by atoms with van der Waals surface area (Å²) in [6, 6.07) is 1.23. The quantitative estimate of drug-likeness (QED) is 0.665. The molecule has 0 aromatic carbocycles. The molecule has 2 N–H and O–H groups in total. The maximum atomic E-state index is 11.7. The van der Waals surface area contributed by atoms with Crippen molar-refractivity contribution in [3.8, 4) is 5.88 Å². The van der Waals surface area contributed by atoms with Crippen LogP contribution in [-0.4, -0.2) is 48.8 Å². The third kappa shape index (κ3) is 5.52. The zero-order valence-corrected chi connectivity index (χ0v) is 11.5. The number of methoxy groups -OCH3 is 1. The van der Waals surface area contributed by atoms with Gasteiger partial charge in [-0.25, -0.2) is 4.98 Å². The third-order valence-electron chi connectivity index (χ3n) is 2.27. The molecular weight excluding hydrogens is 248 g/mol. The van der Waals surface area contributed by atoms with Gasteiger partial charge in [-0.2, -0.15) is 4.98 Å². The molecule has 1 atom stereocenters. The summed E-state index contributed by atoms with van der Waals surface area (Å²) >= 11 is 0. The smallest absolute Gasteiger partial charge is 0.242 e. The fourth-order valence-electron chi connectivity index (χ4n) is 1.33. The number of nitrogens with one attached hydrogen (secondary N) is 2. The van der Waals surface area contributed by atoms with E-state index < -0.39 is 6.04 Å². The molecule has 0 aliphatic heterocycles. The number of aromatic nitrogens is 2. The molecule has 19 heavy (non-hydrogen) atoms. The van der Waals surface area contributed by atoms with E-state index in [1.54, 1.807) is 26.3 Å². The zero-order chi connectivity index (χ0) is 14.1. The van der Waals surface area contributed by atoms with Crippen LogP contribution in [0.25, 0.3) is 0 Å². The van der Waals surface area contributed by atoms with Crippen molar-refractivity contribution in [1.29, 1.82) is 0 Å². The molecule has 1 aromatic heterocycles. The van der Waals surface area contributed by atoms with Crippen LogP contribution in [-0.2, 0) is 9.53 Å². The first-order chi connectivity index (χ1) is 9.17. The molecule has 1 aromatic rings. The molecule has 1 rings (SSSR count). The van der Waals surface area contributed by atoms with Crippen molar-refractivity contribution < 1.29 is 14.3 Å². The second-order valence-corrected chi connectivity index (χ2v) is 3.80. The van der Waals surface area contributed by atoms with Gasteiger partial charge in [0.2, 0.25) is 17.7 Å². The van der Waals surface area contributed by atoms with Gasteiger partial charge in [0, 0.05) is 25.9 Å². The van der Waals surface area contributed by atoms with Gasteiger partial charge >= 0.3 is 0 Å². The van der Waals surface area contributed by atoms with E-state index in [2.05, 4.69) is 20.6 Å². The minimum atomic E-state index is -0.436. The monoisotopic (exact) mass is 268 g/mol. The molecule has 0 aliphatic rings. The molecule has 106 valence electrons. The standard InChI is InChI=1S/C12H20N4O3/c1-4-19-10-5-6-14-12(16-10)15-9(2)11(17)13-7-8-18-3/h5-6,9H,4,7-8H2,1-3H3,(H,13,17)(H,14,15,16). The fourth-order valence-corrected chi connectivity index (χ4v) is 1.33. The first-order valence-electron chi connectivity index (χ1n) is 6.16. The van der Waals surface area contributed by atoms with Crippen LogP contribution < -0.4 is 15.4 Å². The number of carbonyl (C=O) groups excluding carboxylic acids is 1. The second-order valence-electron chi connectivity index (χ2n) is 3.80. The van der Waals surface area contributed by atoms with Gasteiger partial charge in [0.1, 0.15) is 6.04 Å². The Morgan fingerprint density at radius 2 is 2.32 bits per heavy atom. The van der Waals surface area contributed by atoms with E-state index in [1.165, 1.54) is 0 Å². The SMILES string of the molecule is CCOc1ccnc(NC(C)C(=O)NCCOC)n1. The van der Waals surface area contributed by atoms with Crippen LogP contribution in [0.2, 0.25) is 0 Å². The Morgan fingerprint density at radius 3 is 3.00 bits per heavy atom. The normalized spacial score (nSPS) is 11.7. The molecular formula is C12H20N4O3. The largest absolute Gasteiger partial charge is 0.478 e. The van der Waals surface area contributed by atoms with Crippen LogP contribution in [0.1, 0.15) is 13.8 Å². The molecule has 0 aliphatic carbocycles. The van der Waals surface area contributed by atoms with Gasteiger partial charge in [0.25, 0.3) is 0 Å². The minimum absolute atomic E-state index is 0.137. The van der Waals surface area contributed by atoms with Crippen LogP contribution in [0.4, 0.5) is 5.95 Å². The number of anilines is 1. The summed E-state index contributed by atoms with van der Waals surface area (Å²) in [5, 5.41) is 5.64. The lowest BCUT2D eigenvalue weighted by Crippen LogP contribution is -2.39. The Labute approximate surface area is 112 Å². The first-order valence-corrected chi connectivity index (χ1v) is 6.16. The number of hydrogen-bond donors (Lipinski definition) is 2. The van der Waals surface area contributed by atoms with E-state index >= 15 is 0 Å². The molecule has 0 saturated heterocycles. The van der Waals surface area contributed by atoms with E-state index in [-0.39, 0.29) is 5.91 Å². The predicted molar refractivity (Wildman–Crippen MR) is 71.2 cm³/mol. The lowest BCUT2D eigenvalue weighted by molar-refractivity contribution is -0.121. The number of ether oxygens (including phenoxy) is 2. The molecule has 1 unspecified atom stereocenters. The summed E-state index contributed by atoms with van der Waals surface area (Å²) < 4.78 is 10.1. The highest BCUT2D eigenvalue weighted by atomic mass is 16.5. The highest BCUT2D eigenvalue weighted by Crippen LogP contribution is 2.08. The second kappa shape index (κ2) is 8.25. The van der Waals surface area contributed by atoms with E-state index in [0.717, 1.165) is 0 Å². The highest BCUT2D eigenvalue weighted by molar-refractivity contribution is 5.83. The van der Waals surface area contributed by atoms with Crippen molar-refractivity contribution in [2.24, 2.45) is 0 Å². The van der Waals surface area contributed by atoms with Gasteiger partial charge < -0.3 is 20.1 Å². The molecule has 0 spiro atoms. The van der Waals surface area contributed by atoms with Gasteiger partial charge in [0.15, 0.2) is 0 Å². The summed E-state index contributed by atoms with van der Waals surface area (Å²) in [5.74, 6) is 0.704. The molecule has 1 amide bonds. The van der Waals surface area contributed by atoms with Gasteiger partial charge in [-0.1, -0.05) is 0 Å². The number of carbonyl (C=O) groups is 1. The van der Waals surface area contributed by atoms with Crippen molar-refractivity contribution in [1.82, 2.24) is 15.3 Å². The minimum Gasteiger partial charge on any atom is -0.478 e. The summed E-state index contributed by atoms with van der Waals surface area (Å²) in [7, 11) is 1.58. The number of rotatable bonds is 8. The average molecular weight is 268 g/mol. The number of amides is 1. The van der Waals surface area contributed by atoms with E-state index in [9.17, 15) is 4.79 Å². The van der Waals surface area contributed by atoms with Crippen molar-refractivity contribution in [3.63, 3.8) is 0 Å². The van der Waals surface area contributed by atoms with Crippen LogP contribution in [0, 0.1) is 0 Å². The Morgan fingerprint density at radius 1 is 1.53 bits per heavy atom. The highest BCUT2D eigenvalue weighted by Gasteiger charge is 2.13. The van der Waals surface area contributed by atoms with Crippen molar-refractivity contribution in [2.75, 3.05) is 32.2 Å². The van der Waals surface area contributed by atoms with Gasteiger partial charge in [-0.05, 0) is 13.8 Å². The Bertz CT molecular complexity index is 400. The maximum Gasteiger partial charge on any atom is 0.242 e. The Kier molecular flexibility index (Phi) is 6.59. The number of hydrogen-bond acceptors (Lipinski definition) is 6. The molecule has 0 fully saturated rings. The van der Waals surface area contributed by atoms with Gasteiger partial charge in [-0.15, -0.1) is 0 Å². The predicted octanol–water partition coefficient (Wildman–Crippen LogP) is 0.438. The van der Waals surface area contributed by atoms with E-state index in [4.69, 9.17) is 9.47 Å². The summed E-state index contributed by atoms with van der Waals surface area (Å²) in [5.41, 5.74) is 0. The van der Waals surface area contributed by atoms with E-state index in [0.29, 0.717) is 31.6 Å². The third-order valence-corrected chi connectivity index (χ3v) is 2.27. The van der Waals surface area contributed by atoms with Crippen molar-refractivity contribution in [2.45, 2.75) is 19.9 Å². The van der Waals surface area contributed by atoms with Crippen molar-refractivity contribution >= 4 is 11.9 Å². The lowest BCUT2D eigenvalue weighted by atomic mass is 10.3. The molecule has 0 bridgehead atoms. The van der Waals surface area contributed by atoms with Crippen molar-refractivity contribution in [3.05, 3.63) is 12.3 Å². The number of nitrogens with zero attached hydrogens (tertiary/aromatic N) is 2. The van der Waals surface area contributed by atoms with Crippen LogP contribution in [0.15, 0.2) is 12.3 Å². The molecule has 0 radical (unpaired) electrons.